The fourth-order valence-corrected chi connectivity index (χ4v) is 1.15. The second-order valence-electron chi connectivity index (χ2n) is 3.28. The van der Waals surface area contributed by atoms with Gasteiger partial charge in [0, 0.05) is 12.5 Å². The van der Waals surface area contributed by atoms with Crippen LogP contribution in [0.3, 0.4) is 0 Å². The summed E-state index contributed by atoms with van der Waals surface area (Å²) in [5.41, 5.74) is 5.65. The molecule has 0 fully saturated rings. The molecule has 0 aromatic rings. The highest BCUT2D eigenvalue weighted by molar-refractivity contribution is 5.66. The van der Waals surface area contributed by atoms with Gasteiger partial charge in [-0.15, -0.1) is 0 Å². The number of hydrogen-bond donors (Lipinski definition) is 3. The summed E-state index contributed by atoms with van der Waals surface area (Å²) in [6, 6.07) is -0.209. The minimum Gasteiger partial charge on any atom is -0.481 e. The monoisotopic (exact) mass is 189 g/mol. The lowest BCUT2D eigenvalue weighted by atomic mass is 10.0. The lowest BCUT2D eigenvalue weighted by Gasteiger charge is -2.16. The summed E-state index contributed by atoms with van der Waals surface area (Å²) >= 11 is 0. The van der Waals surface area contributed by atoms with Crippen molar-refractivity contribution < 1.29 is 15.0 Å². The van der Waals surface area contributed by atoms with Gasteiger partial charge in [-0.05, 0) is 19.3 Å². The Morgan fingerprint density at radius 3 is 2.54 bits per heavy atom. The molecular weight excluding hydrogens is 170 g/mol. The molecule has 0 aliphatic carbocycles. The number of carboxylic acids is 1. The molecule has 0 aliphatic heterocycles. The molecule has 0 saturated carbocycles. The van der Waals surface area contributed by atoms with E-state index in [9.17, 15) is 9.90 Å². The van der Waals surface area contributed by atoms with Crippen LogP contribution in [-0.4, -0.2) is 28.3 Å². The van der Waals surface area contributed by atoms with E-state index in [1.807, 2.05) is 6.92 Å². The fourth-order valence-electron chi connectivity index (χ4n) is 1.15. The first-order chi connectivity index (χ1) is 6.07. The summed E-state index contributed by atoms with van der Waals surface area (Å²) in [6.07, 6.45) is 2.49. The molecule has 78 valence electrons. The smallest absolute Gasteiger partial charge is 0.303 e. The van der Waals surface area contributed by atoms with E-state index in [0.29, 0.717) is 19.3 Å². The third-order valence-corrected chi connectivity index (χ3v) is 2.09. The summed E-state index contributed by atoms with van der Waals surface area (Å²) < 4.78 is 0. The van der Waals surface area contributed by atoms with E-state index in [1.165, 1.54) is 0 Å². The van der Waals surface area contributed by atoms with Crippen LogP contribution in [0.1, 0.15) is 39.0 Å². The first-order valence-electron chi connectivity index (χ1n) is 4.73. The molecule has 0 rings (SSSR count). The molecule has 2 atom stereocenters. The minimum absolute atomic E-state index is 0.189. The third-order valence-electron chi connectivity index (χ3n) is 2.09. The van der Waals surface area contributed by atoms with Gasteiger partial charge in [-0.1, -0.05) is 13.3 Å². The fraction of sp³-hybridized carbons (Fsp3) is 0.889. The number of carboxylic acid groups (broad SMARTS) is 1. The zero-order chi connectivity index (χ0) is 10.3. The lowest BCUT2D eigenvalue weighted by Crippen LogP contribution is -2.33. The summed E-state index contributed by atoms with van der Waals surface area (Å²) in [5.74, 6) is -0.774. The minimum atomic E-state index is -0.774. The highest BCUT2D eigenvalue weighted by Crippen LogP contribution is 2.06. The SMILES string of the molecule is CCC(O)C(N)CCCCC(=O)O. The van der Waals surface area contributed by atoms with Crippen LogP contribution < -0.4 is 5.73 Å². The Morgan fingerprint density at radius 2 is 2.08 bits per heavy atom. The maximum atomic E-state index is 10.2. The number of carbonyl (C=O) groups is 1. The van der Waals surface area contributed by atoms with Gasteiger partial charge in [-0.2, -0.15) is 0 Å². The van der Waals surface area contributed by atoms with Crippen molar-refractivity contribution in [2.45, 2.75) is 51.2 Å². The normalized spacial score (nSPS) is 15.3. The highest BCUT2D eigenvalue weighted by Gasteiger charge is 2.11. The van der Waals surface area contributed by atoms with Crippen LogP contribution in [0.25, 0.3) is 0 Å². The van der Waals surface area contributed by atoms with Crippen LogP contribution in [0.5, 0.6) is 0 Å². The summed E-state index contributed by atoms with van der Waals surface area (Å²) in [6.45, 7) is 1.88. The molecule has 0 heterocycles. The van der Waals surface area contributed by atoms with Gasteiger partial charge in [0.05, 0.1) is 6.10 Å². The van der Waals surface area contributed by atoms with Crippen molar-refractivity contribution in [2.24, 2.45) is 5.73 Å². The Morgan fingerprint density at radius 1 is 1.46 bits per heavy atom. The van der Waals surface area contributed by atoms with Crippen LogP contribution in [-0.2, 0) is 4.79 Å². The van der Waals surface area contributed by atoms with Crippen LogP contribution in [0.4, 0.5) is 0 Å². The highest BCUT2D eigenvalue weighted by atomic mass is 16.4. The molecule has 0 aromatic carbocycles. The van der Waals surface area contributed by atoms with E-state index >= 15 is 0 Å². The Kier molecular flexibility index (Phi) is 6.54. The maximum Gasteiger partial charge on any atom is 0.303 e. The van der Waals surface area contributed by atoms with Crippen LogP contribution in [0.2, 0.25) is 0 Å². The molecular formula is C9H19NO3. The standard InChI is InChI=1S/C9H19NO3/c1-2-8(11)7(10)5-3-4-6-9(12)13/h7-8,11H,2-6,10H2,1H3,(H,12,13). The van der Waals surface area contributed by atoms with Crippen molar-refractivity contribution in [1.29, 1.82) is 0 Å². The number of nitrogens with two attached hydrogens (primary N) is 1. The number of aliphatic hydroxyl groups is 1. The van der Waals surface area contributed by atoms with E-state index < -0.39 is 12.1 Å². The van der Waals surface area contributed by atoms with Gasteiger partial charge in [0.2, 0.25) is 0 Å². The van der Waals surface area contributed by atoms with Crippen molar-refractivity contribution >= 4 is 5.97 Å². The van der Waals surface area contributed by atoms with E-state index in [2.05, 4.69) is 0 Å². The van der Waals surface area contributed by atoms with E-state index in [-0.39, 0.29) is 12.5 Å². The first kappa shape index (κ1) is 12.4. The van der Waals surface area contributed by atoms with Crippen molar-refractivity contribution in [3.63, 3.8) is 0 Å². The van der Waals surface area contributed by atoms with Crippen LogP contribution in [0.15, 0.2) is 0 Å². The zero-order valence-electron chi connectivity index (χ0n) is 8.07. The van der Waals surface area contributed by atoms with Crippen LogP contribution in [0, 0.1) is 0 Å². The molecule has 2 unspecified atom stereocenters. The Hall–Kier alpha value is -0.610. The Labute approximate surface area is 78.7 Å². The van der Waals surface area contributed by atoms with E-state index in [4.69, 9.17) is 10.8 Å². The van der Waals surface area contributed by atoms with Gasteiger partial charge in [-0.25, -0.2) is 0 Å². The van der Waals surface area contributed by atoms with Gasteiger partial charge >= 0.3 is 5.97 Å². The van der Waals surface area contributed by atoms with Gasteiger partial charge in [0.15, 0.2) is 0 Å². The molecule has 0 radical (unpaired) electrons. The number of rotatable bonds is 7. The molecule has 0 bridgehead atoms. The van der Waals surface area contributed by atoms with Crippen LogP contribution >= 0.6 is 0 Å². The second-order valence-corrected chi connectivity index (χ2v) is 3.28. The predicted molar refractivity (Wildman–Crippen MR) is 50.4 cm³/mol. The molecule has 0 aromatic heterocycles. The number of aliphatic carboxylic acids is 1. The van der Waals surface area contributed by atoms with Crippen molar-refractivity contribution in [2.75, 3.05) is 0 Å². The third kappa shape index (κ3) is 6.54. The molecule has 4 heteroatoms. The molecule has 0 saturated heterocycles. The topological polar surface area (TPSA) is 83.5 Å². The Bertz CT molecular complexity index is 150. The summed E-state index contributed by atoms with van der Waals surface area (Å²) in [7, 11) is 0. The van der Waals surface area contributed by atoms with Gasteiger partial charge in [-0.3, -0.25) is 4.79 Å². The average Bonchev–Trinajstić information content (AvgIpc) is 2.10. The van der Waals surface area contributed by atoms with Gasteiger partial charge in [0.1, 0.15) is 0 Å². The lowest BCUT2D eigenvalue weighted by molar-refractivity contribution is -0.137. The zero-order valence-corrected chi connectivity index (χ0v) is 8.07. The Balaban J connectivity index is 3.36. The predicted octanol–water partition coefficient (Wildman–Crippen LogP) is 0.730. The molecule has 4 nitrogen and oxygen atoms in total. The second kappa shape index (κ2) is 6.86. The van der Waals surface area contributed by atoms with Crippen molar-refractivity contribution in [3.8, 4) is 0 Å². The van der Waals surface area contributed by atoms with Gasteiger partial charge < -0.3 is 15.9 Å². The maximum absolute atomic E-state index is 10.2. The summed E-state index contributed by atoms with van der Waals surface area (Å²) in [5, 5.41) is 17.6. The number of hydrogen-bond acceptors (Lipinski definition) is 3. The number of aliphatic hydroxyl groups excluding tert-OH is 1. The van der Waals surface area contributed by atoms with E-state index in [1.54, 1.807) is 0 Å². The van der Waals surface area contributed by atoms with Crippen molar-refractivity contribution in [3.05, 3.63) is 0 Å². The molecule has 0 spiro atoms. The molecule has 0 aliphatic rings. The quantitative estimate of drug-likeness (QED) is 0.515. The van der Waals surface area contributed by atoms with E-state index in [0.717, 1.165) is 6.42 Å². The molecule has 4 N–H and O–H groups in total. The molecule has 13 heavy (non-hydrogen) atoms. The average molecular weight is 189 g/mol. The summed E-state index contributed by atoms with van der Waals surface area (Å²) in [4.78, 5) is 10.2. The number of unbranched alkanes of at least 4 members (excludes halogenated alkanes) is 1. The van der Waals surface area contributed by atoms with Gasteiger partial charge in [0.25, 0.3) is 0 Å². The molecule has 0 amide bonds. The largest absolute Gasteiger partial charge is 0.481 e. The van der Waals surface area contributed by atoms with Crippen molar-refractivity contribution in [1.82, 2.24) is 0 Å². The first-order valence-corrected chi connectivity index (χ1v) is 4.73.